The van der Waals surface area contributed by atoms with Crippen LogP contribution in [0.15, 0.2) is 0 Å². The van der Waals surface area contributed by atoms with Crippen molar-refractivity contribution in [2.24, 2.45) is 17.6 Å². The molecule has 0 bridgehead atoms. The summed E-state index contributed by atoms with van der Waals surface area (Å²) in [5, 5.41) is 0. The molecule has 0 amide bonds. The lowest BCUT2D eigenvalue weighted by Crippen LogP contribution is -2.44. The first-order valence-electron chi connectivity index (χ1n) is 7.78. The van der Waals surface area contributed by atoms with E-state index in [4.69, 9.17) is 10.5 Å². The molecule has 3 nitrogen and oxygen atoms in total. The predicted octanol–water partition coefficient (Wildman–Crippen LogP) is 2.00. The highest BCUT2D eigenvalue weighted by Crippen LogP contribution is 2.38. The Morgan fingerprint density at radius 3 is 2.44 bits per heavy atom. The molecule has 0 spiro atoms. The van der Waals surface area contributed by atoms with E-state index in [1.165, 1.54) is 45.2 Å². The van der Waals surface area contributed by atoms with Gasteiger partial charge in [0.2, 0.25) is 0 Å². The normalized spacial score (nSPS) is 50.2. The van der Waals surface area contributed by atoms with Crippen LogP contribution >= 0.6 is 0 Å². The summed E-state index contributed by atoms with van der Waals surface area (Å²) in [4.78, 5) is 2.73. The van der Waals surface area contributed by atoms with Crippen LogP contribution in [-0.4, -0.2) is 42.3 Å². The lowest BCUT2D eigenvalue weighted by atomic mass is 9.78. The van der Waals surface area contributed by atoms with E-state index >= 15 is 0 Å². The first-order valence-corrected chi connectivity index (χ1v) is 7.78. The molecule has 2 N–H and O–H groups in total. The number of likely N-dealkylation sites (tertiary alicyclic amines) is 1. The average molecular weight is 252 g/mol. The smallest absolute Gasteiger partial charge is 0.0565 e. The second kappa shape index (κ2) is 5.10. The minimum atomic E-state index is 0.426. The molecule has 3 fully saturated rings. The van der Waals surface area contributed by atoms with Gasteiger partial charge in [0, 0.05) is 25.2 Å². The van der Waals surface area contributed by atoms with Crippen molar-refractivity contribution in [3.8, 4) is 0 Å². The van der Waals surface area contributed by atoms with Gasteiger partial charge < -0.3 is 10.5 Å². The molecule has 5 atom stereocenters. The third kappa shape index (κ3) is 2.45. The number of fused-ring (bicyclic) bond motifs is 1. The molecule has 0 radical (unpaired) electrons. The zero-order valence-corrected chi connectivity index (χ0v) is 11.8. The number of ether oxygens (including phenoxy) is 1. The monoisotopic (exact) mass is 252 g/mol. The van der Waals surface area contributed by atoms with Gasteiger partial charge in [0.25, 0.3) is 0 Å². The van der Waals surface area contributed by atoms with Crippen molar-refractivity contribution in [3.63, 3.8) is 0 Å². The third-order valence-corrected chi connectivity index (χ3v) is 5.37. The highest BCUT2D eigenvalue weighted by molar-refractivity contribution is 4.96. The number of nitrogens with zero attached hydrogens (tertiary/aromatic N) is 1. The van der Waals surface area contributed by atoms with E-state index in [0.29, 0.717) is 18.2 Å². The number of nitrogens with two attached hydrogens (primary N) is 1. The zero-order chi connectivity index (χ0) is 12.7. The van der Waals surface area contributed by atoms with Crippen molar-refractivity contribution in [1.82, 2.24) is 4.90 Å². The molecule has 0 aromatic heterocycles. The maximum absolute atomic E-state index is 6.31. The van der Waals surface area contributed by atoms with Crippen LogP contribution in [0.2, 0.25) is 0 Å². The van der Waals surface area contributed by atoms with Crippen molar-refractivity contribution in [2.75, 3.05) is 13.1 Å². The van der Waals surface area contributed by atoms with Crippen molar-refractivity contribution in [3.05, 3.63) is 0 Å². The van der Waals surface area contributed by atoms with E-state index in [2.05, 4.69) is 18.7 Å². The van der Waals surface area contributed by atoms with Crippen LogP contribution in [0.4, 0.5) is 0 Å². The molecule has 3 heteroatoms. The van der Waals surface area contributed by atoms with Gasteiger partial charge in [-0.15, -0.1) is 0 Å². The Kier molecular flexibility index (Phi) is 3.65. The van der Waals surface area contributed by atoms with Crippen molar-refractivity contribution in [2.45, 2.75) is 70.2 Å². The first-order chi connectivity index (χ1) is 8.63. The fourth-order valence-electron chi connectivity index (χ4n) is 4.52. The van der Waals surface area contributed by atoms with Crippen LogP contribution in [0.25, 0.3) is 0 Å². The minimum absolute atomic E-state index is 0.426. The summed E-state index contributed by atoms with van der Waals surface area (Å²) in [5.74, 6) is 1.65. The lowest BCUT2D eigenvalue weighted by Gasteiger charge is -2.37. The molecular weight excluding hydrogens is 224 g/mol. The van der Waals surface area contributed by atoms with E-state index in [9.17, 15) is 0 Å². The fraction of sp³-hybridized carbons (Fsp3) is 1.00. The van der Waals surface area contributed by atoms with E-state index in [1.807, 2.05) is 0 Å². The summed E-state index contributed by atoms with van der Waals surface area (Å²) < 4.78 is 5.86. The summed E-state index contributed by atoms with van der Waals surface area (Å²) in [7, 11) is 0. The quantitative estimate of drug-likeness (QED) is 0.776. The Bertz CT molecular complexity index is 286. The van der Waals surface area contributed by atoms with Crippen LogP contribution in [0.1, 0.15) is 46.0 Å². The molecule has 18 heavy (non-hydrogen) atoms. The maximum Gasteiger partial charge on any atom is 0.0565 e. The largest absolute Gasteiger partial charge is 0.375 e. The van der Waals surface area contributed by atoms with Crippen molar-refractivity contribution < 1.29 is 4.74 Å². The molecule has 5 unspecified atom stereocenters. The molecule has 2 saturated heterocycles. The van der Waals surface area contributed by atoms with Gasteiger partial charge in [0.05, 0.1) is 12.2 Å². The molecule has 2 aliphatic heterocycles. The Morgan fingerprint density at radius 1 is 1.06 bits per heavy atom. The number of hydrogen-bond acceptors (Lipinski definition) is 3. The molecule has 104 valence electrons. The zero-order valence-electron chi connectivity index (χ0n) is 11.8. The van der Waals surface area contributed by atoms with Gasteiger partial charge in [-0.1, -0.05) is 6.42 Å². The van der Waals surface area contributed by atoms with Gasteiger partial charge in [-0.3, -0.25) is 4.90 Å². The van der Waals surface area contributed by atoms with Crippen LogP contribution in [0, 0.1) is 11.8 Å². The predicted molar refractivity (Wildman–Crippen MR) is 73.4 cm³/mol. The summed E-state index contributed by atoms with van der Waals surface area (Å²) in [6.45, 7) is 6.98. The van der Waals surface area contributed by atoms with Crippen LogP contribution in [-0.2, 0) is 4.74 Å². The molecular formula is C15H28N2O. The molecule has 2 heterocycles. The molecule has 3 rings (SSSR count). The minimum Gasteiger partial charge on any atom is -0.375 e. The van der Waals surface area contributed by atoms with E-state index < -0.39 is 0 Å². The summed E-state index contributed by atoms with van der Waals surface area (Å²) in [6, 6.07) is 1.20. The lowest BCUT2D eigenvalue weighted by molar-refractivity contribution is -0.0625. The van der Waals surface area contributed by atoms with Gasteiger partial charge in [-0.05, 0) is 51.4 Å². The number of rotatable bonds is 1. The fourth-order valence-corrected chi connectivity index (χ4v) is 4.52. The maximum atomic E-state index is 6.31. The molecule has 1 aliphatic carbocycles. The Hall–Kier alpha value is -0.120. The van der Waals surface area contributed by atoms with E-state index in [1.54, 1.807) is 0 Å². The number of hydrogen-bond donors (Lipinski definition) is 1. The molecule has 1 saturated carbocycles. The van der Waals surface area contributed by atoms with Crippen molar-refractivity contribution in [1.29, 1.82) is 0 Å². The van der Waals surface area contributed by atoms with Gasteiger partial charge in [-0.2, -0.15) is 0 Å². The topological polar surface area (TPSA) is 38.5 Å². The van der Waals surface area contributed by atoms with Crippen LogP contribution < -0.4 is 5.73 Å². The third-order valence-electron chi connectivity index (χ3n) is 5.37. The molecule has 0 aromatic carbocycles. The van der Waals surface area contributed by atoms with Gasteiger partial charge in [0.1, 0.15) is 0 Å². The molecule has 0 aromatic rings. The Balaban J connectivity index is 1.64. The van der Waals surface area contributed by atoms with Gasteiger partial charge in [0.15, 0.2) is 0 Å². The SMILES string of the molecule is CC1CC(N2CC3CCCC(N)C3C2)CC(C)O1. The van der Waals surface area contributed by atoms with Gasteiger partial charge in [-0.25, -0.2) is 0 Å². The second-order valence-electron chi connectivity index (χ2n) is 6.86. The summed E-state index contributed by atoms with van der Waals surface area (Å²) in [6.07, 6.45) is 7.26. The Morgan fingerprint density at radius 2 is 1.78 bits per heavy atom. The van der Waals surface area contributed by atoms with Gasteiger partial charge >= 0.3 is 0 Å². The standard InChI is InChI=1S/C15H28N2O/c1-10-6-13(7-11(2)18-10)17-8-12-4-3-5-15(16)14(12)9-17/h10-15H,3-9,16H2,1-2H3. The Labute approximate surface area is 111 Å². The highest BCUT2D eigenvalue weighted by Gasteiger charge is 2.42. The summed E-state index contributed by atoms with van der Waals surface area (Å²) >= 11 is 0. The average Bonchev–Trinajstić information content (AvgIpc) is 2.73. The highest BCUT2D eigenvalue weighted by atomic mass is 16.5. The van der Waals surface area contributed by atoms with Crippen molar-refractivity contribution >= 4 is 0 Å². The molecule has 3 aliphatic rings. The van der Waals surface area contributed by atoms with E-state index in [0.717, 1.165) is 17.9 Å². The van der Waals surface area contributed by atoms with E-state index in [-0.39, 0.29) is 0 Å². The first kappa shape index (κ1) is 12.9. The second-order valence-corrected chi connectivity index (χ2v) is 6.86. The summed E-state index contributed by atoms with van der Waals surface area (Å²) in [5.41, 5.74) is 6.31. The van der Waals surface area contributed by atoms with Crippen LogP contribution in [0.3, 0.4) is 0 Å². The van der Waals surface area contributed by atoms with Crippen LogP contribution in [0.5, 0.6) is 0 Å².